The summed E-state index contributed by atoms with van der Waals surface area (Å²) in [6, 6.07) is 5.92. The predicted octanol–water partition coefficient (Wildman–Crippen LogP) is 0.774. The summed E-state index contributed by atoms with van der Waals surface area (Å²) in [6.07, 6.45) is 1.97. The van der Waals surface area contributed by atoms with Crippen molar-refractivity contribution in [3.63, 3.8) is 0 Å². The first-order valence-electron chi connectivity index (χ1n) is 8.54. The number of thioether (sulfide) groups is 1. The number of amides is 2. The zero-order chi connectivity index (χ0) is 18.7. The van der Waals surface area contributed by atoms with Crippen LogP contribution in [0.3, 0.4) is 0 Å². The van der Waals surface area contributed by atoms with E-state index in [0.717, 1.165) is 31.7 Å². The second-order valence-electron chi connectivity index (χ2n) is 6.47. The molecule has 26 heavy (non-hydrogen) atoms. The van der Waals surface area contributed by atoms with Crippen LogP contribution in [0.2, 0.25) is 0 Å². The third-order valence-corrected chi connectivity index (χ3v) is 5.94. The maximum atomic E-state index is 13.0. The van der Waals surface area contributed by atoms with Gasteiger partial charge >= 0.3 is 0 Å². The van der Waals surface area contributed by atoms with Crippen molar-refractivity contribution in [2.75, 3.05) is 39.8 Å². The molecule has 0 bridgehead atoms. The van der Waals surface area contributed by atoms with Gasteiger partial charge < -0.3 is 9.80 Å². The van der Waals surface area contributed by atoms with Gasteiger partial charge in [-0.3, -0.25) is 14.5 Å². The van der Waals surface area contributed by atoms with Gasteiger partial charge in [-0.1, -0.05) is 36.1 Å². The predicted molar refractivity (Wildman–Crippen MR) is 104 cm³/mol. The van der Waals surface area contributed by atoms with E-state index in [2.05, 4.69) is 7.05 Å². The number of benzene rings is 1. The van der Waals surface area contributed by atoms with Gasteiger partial charge in [0.2, 0.25) is 5.91 Å². The number of piperazine rings is 1. The third-order valence-electron chi connectivity index (χ3n) is 4.56. The third kappa shape index (κ3) is 4.49. The lowest BCUT2D eigenvalue weighted by atomic mass is 10.2. The largest absolute Gasteiger partial charge is 0.334 e. The zero-order valence-corrected chi connectivity index (χ0v) is 16.2. The van der Waals surface area contributed by atoms with Gasteiger partial charge in [0.05, 0.1) is 38.1 Å². The van der Waals surface area contributed by atoms with Crippen molar-refractivity contribution in [2.45, 2.75) is 6.42 Å². The molecule has 2 fully saturated rings. The first-order valence-corrected chi connectivity index (χ1v) is 9.76. The molecule has 2 aliphatic heterocycles. The van der Waals surface area contributed by atoms with Crippen LogP contribution in [0.5, 0.6) is 0 Å². The fraction of sp³-hybridized carbons (Fsp3) is 0.389. The van der Waals surface area contributed by atoms with E-state index < -0.39 is 0 Å². The highest BCUT2D eigenvalue weighted by atomic mass is 32.2. The summed E-state index contributed by atoms with van der Waals surface area (Å²) >= 11 is 6.51. The van der Waals surface area contributed by atoms with Crippen LogP contribution < -0.4 is 4.90 Å². The molecule has 0 aliphatic carbocycles. The molecule has 2 aliphatic rings. The van der Waals surface area contributed by atoms with Crippen molar-refractivity contribution in [1.82, 2.24) is 9.80 Å². The maximum Gasteiger partial charge on any atom is 0.266 e. The minimum Gasteiger partial charge on any atom is -0.334 e. The summed E-state index contributed by atoms with van der Waals surface area (Å²) in [5, 5.41) is 0. The van der Waals surface area contributed by atoms with Crippen LogP contribution in [0.1, 0.15) is 12.0 Å². The van der Waals surface area contributed by atoms with Crippen molar-refractivity contribution >= 4 is 46.2 Å². The van der Waals surface area contributed by atoms with E-state index in [4.69, 9.17) is 12.2 Å². The monoisotopic (exact) mass is 394 g/mol. The van der Waals surface area contributed by atoms with Gasteiger partial charge in [0.1, 0.15) is 10.1 Å². The zero-order valence-electron chi connectivity index (χ0n) is 14.5. The van der Waals surface area contributed by atoms with Gasteiger partial charge in [-0.2, -0.15) is 0 Å². The minimum atomic E-state index is -0.321. The normalized spacial score (nSPS) is 20.3. The molecule has 2 heterocycles. The molecule has 1 aromatic carbocycles. The Bertz CT molecular complexity index is 743. The summed E-state index contributed by atoms with van der Waals surface area (Å²) in [7, 11) is 2.12. The van der Waals surface area contributed by atoms with Gasteiger partial charge in [-0.25, -0.2) is 4.39 Å². The van der Waals surface area contributed by atoms with Gasteiger partial charge in [-0.05, 0) is 23.8 Å². The number of carbonyl (C=O) groups is 2. The van der Waals surface area contributed by atoms with E-state index in [1.54, 1.807) is 18.2 Å². The Labute approximate surface area is 161 Å². The van der Waals surface area contributed by atoms with Crippen LogP contribution in [0.4, 0.5) is 4.39 Å². The number of rotatable bonds is 4. The topological polar surface area (TPSA) is 45.1 Å². The van der Waals surface area contributed by atoms with E-state index in [9.17, 15) is 14.0 Å². The van der Waals surface area contributed by atoms with Crippen molar-refractivity contribution in [3.05, 3.63) is 40.6 Å². The number of hydrogen-bond donors (Lipinski definition) is 1. The fourth-order valence-electron chi connectivity index (χ4n) is 2.91. The Hall–Kier alpha value is -1.77. The molecule has 8 heteroatoms. The molecule has 1 N–H and O–H groups in total. The van der Waals surface area contributed by atoms with E-state index >= 15 is 0 Å². The maximum absolute atomic E-state index is 13.0. The number of quaternary nitrogens is 1. The molecule has 0 atom stereocenters. The van der Waals surface area contributed by atoms with Gasteiger partial charge in [-0.15, -0.1) is 0 Å². The number of nitrogens with one attached hydrogen (secondary N) is 1. The standard InChI is InChI=1S/C18H20FN3O2S2/c1-20-8-10-21(11-9-20)16(23)6-7-22-17(24)15(26-18(22)25)12-13-2-4-14(19)5-3-13/h2-5,12H,6-11H2,1H3/p+1/b15-12+. The summed E-state index contributed by atoms with van der Waals surface area (Å²) in [5.74, 6) is -0.451. The number of halogens is 1. The molecule has 0 unspecified atom stereocenters. The van der Waals surface area contributed by atoms with Crippen LogP contribution in [0, 0.1) is 5.82 Å². The smallest absolute Gasteiger partial charge is 0.266 e. The second kappa shape index (κ2) is 8.28. The summed E-state index contributed by atoms with van der Waals surface area (Å²) < 4.78 is 13.5. The Balaban J connectivity index is 1.59. The minimum absolute atomic E-state index is 0.0639. The van der Waals surface area contributed by atoms with Crippen molar-refractivity contribution < 1.29 is 18.9 Å². The van der Waals surface area contributed by atoms with Crippen LogP contribution >= 0.6 is 24.0 Å². The first-order chi connectivity index (χ1) is 12.4. The molecule has 3 rings (SSSR count). The van der Waals surface area contributed by atoms with Crippen molar-refractivity contribution in [2.24, 2.45) is 0 Å². The fourth-order valence-corrected chi connectivity index (χ4v) is 4.22. The molecular weight excluding hydrogens is 373 g/mol. The molecule has 0 spiro atoms. The molecular formula is C18H21FN3O2S2+. The highest BCUT2D eigenvalue weighted by Crippen LogP contribution is 2.32. The molecule has 2 amide bonds. The molecule has 138 valence electrons. The molecule has 0 radical (unpaired) electrons. The van der Waals surface area contributed by atoms with Crippen molar-refractivity contribution in [1.29, 1.82) is 0 Å². The van der Waals surface area contributed by atoms with Crippen LogP contribution in [-0.2, 0) is 9.59 Å². The highest BCUT2D eigenvalue weighted by molar-refractivity contribution is 8.26. The van der Waals surface area contributed by atoms with Crippen LogP contribution in [0.15, 0.2) is 29.2 Å². The van der Waals surface area contributed by atoms with E-state index in [-0.39, 0.29) is 24.1 Å². The number of thiocarbonyl (C=S) groups is 1. The number of nitrogens with zero attached hydrogens (tertiary/aromatic N) is 2. The Morgan fingerprint density at radius 1 is 1.31 bits per heavy atom. The molecule has 2 saturated heterocycles. The van der Waals surface area contributed by atoms with Crippen molar-refractivity contribution in [3.8, 4) is 0 Å². The molecule has 0 saturated carbocycles. The Morgan fingerprint density at radius 2 is 1.96 bits per heavy atom. The summed E-state index contributed by atoms with van der Waals surface area (Å²) in [6.45, 7) is 3.71. The molecule has 5 nitrogen and oxygen atoms in total. The van der Waals surface area contributed by atoms with E-state index in [1.807, 2.05) is 4.90 Å². The lowest BCUT2D eigenvalue weighted by Gasteiger charge is -2.30. The average Bonchev–Trinajstić information content (AvgIpc) is 2.89. The lowest BCUT2D eigenvalue weighted by Crippen LogP contribution is -3.12. The Morgan fingerprint density at radius 3 is 2.62 bits per heavy atom. The average molecular weight is 395 g/mol. The van der Waals surface area contributed by atoms with E-state index in [0.29, 0.717) is 15.8 Å². The summed E-state index contributed by atoms with van der Waals surface area (Å²) in [4.78, 5) is 30.2. The lowest BCUT2D eigenvalue weighted by molar-refractivity contribution is -0.883. The van der Waals surface area contributed by atoms with Gasteiger partial charge in [0.15, 0.2) is 0 Å². The number of hydrogen-bond acceptors (Lipinski definition) is 4. The SMILES string of the molecule is C[NH+]1CCN(C(=O)CCN2C(=O)/C(=C\c3ccc(F)cc3)SC2=S)CC1. The van der Waals surface area contributed by atoms with Gasteiger partial charge in [0.25, 0.3) is 5.91 Å². The van der Waals surface area contributed by atoms with E-state index in [1.165, 1.54) is 33.7 Å². The van der Waals surface area contributed by atoms with Crippen LogP contribution in [-0.4, -0.2) is 65.7 Å². The van der Waals surface area contributed by atoms with Crippen LogP contribution in [0.25, 0.3) is 6.08 Å². The number of carbonyl (C=O) groups excluding carboxylic acids is 2. The summed E-state index contributed by atoms with van der Waals surface area (Å²) in [5.41, 5.74) is 0.739. The Kier molecular flexibility index (Phi) is 6.05. The second-order valence-corrected chi connectivity index (χ2v) is 8.15. The quantitative estimate of drug-likeness (QED) is 0.606. The van der Waals surface area contributed by atoms with Gasteiger partial charge in [0, 0.05) is 13.0 Å². The molecule has 0 aromatic heterocycles. The highest BCUT2D eigenvalue weighted by Gasteiger charge is 2.32. The molecule has 1 aromatic rings. The number of likely N-dealkylation sites (N-methyl/N-ethyl adjacent to an activating group) is 1. The first kappa shape index (κ1) is 19.0.